The Labute approximate surface area is 150 Å². The van der Waals surface area contributed by atoms with Gasteiger partial charge in [-0.2, -0.15) is 18.3 Å². The number of hydrogen-bond acceptors (Lipinski definition) is 2. The third-order valence-electron chi connectivity index (χ3n) is 4.88. The highest BCUT2D eigenvalue weighted by atomic mass is 19.4. The average molecular weight is 365 g/mol. The van der Waals surface area contributed by atoms with E-state index in [4.69, 9.17) is 0 Å². The van der Waals surface area contributed by atoms with Gasteiger partial charge in [-0.15, -0.1) is 0 Å². The minimum atomic E-state index is -4.33. The van der Waals surface area contributed by atoms with Gasteiger partial charge in [0, 0.05) is 18.8 Å². The molecule has 2 heterocycles. The zero-order valence-corrected chi connectivity index (χ0v) is 14.6. The summed E-state index contributed by atoms with van der Waals surface area (Å²) in [6.07, 6.45) is -1.54. The number of nitrogens with one attached hydrogen (secondary N) is 1. The summed E-state index contributed by atoms with van der Waals surface area (Å²) in [5.74, 6) is 0.0868. The molecule has 1 aromatic heterocycles. The number of likely N-dealkylation sites (tertiary alicyclic amines) is 1. The number of benzene rings is 1. The molecule has 4 nitrogen and oxygen atoms in total. The molecule has 140 valence electrons. The zero-order valence-electron chi connectivity index (χ0n) is 14.6. The van der Waals surface area contributed by atoms with E-state index in [1.165, 1.54) is 6.07 Å². The van der Waals surface area contributed by atoms with Crippen LogP contribution in [0.5, 0.6) is 0 Å². The van der Waals surface area contributed by atoms with Gasteiger partial charge >= 0.3 is 6.18 Å². The van der Waals surface area contributed by atoms with Gasteiger partial charge in [0.1, 0.15) is 5.69 Å². The van der Waals surface area contributed by atoms with E-state index < -0.39 is 11.7 Å². The SMILES string of the molecule is Cc1cc(C(=O)N2CCCC(CCc3ccccc3C(F)(F)F)C2)n[nH]1. The van der Waals surface area contributed by atoms with Gasteiger partial charge in [-0.25, -0.2) is 0 Å². The van der Waals surface area contributed by atoms with Gasteiger partial charge in [-0.3, -0.25) is 9.89 Å². The van der Waals surface area contributed by atoms with Crippen LogP contribution in [0.4, 0.5) is 13.2 Å². The maximum atomic E-state index is 13.1. The van der Waals surface area contributed by atoms with Gasteiger partial charge in [0.2, 0.25) is 0 Å². The van der Waals surface area contributed by atoms with Crippen molar-refractivity contribution < 1.29 is 18.0 Å². The van der Waals surface area contributed by atoms with Crippen LogP contribution in [0.2, 0.25) is 0 Å². The minimum absolute atomic E-state index is 0.116. The largest absolute Gasteiger partial charge is 0.416 e. The number of piperidine rings is 1. The predicted octanol–water partition coefficient (Wildman–Crippen LogP) is 4.22. The van der Waals surface area contributed by atoms with Gasteiger partial charge in [0.05, 0.1) is 5.56 Å². The number of carbonyl (C=O) groups is 1. The standard InChI is InChI=1S/C19H22F3N3O/c1-13-11-17(24-23-13)18(26)25-10-4-5-14(12-25)8-9-15-6-2-3-7-16(15)19(20,21)22/h2-3,6-7,11,14H,4-5,8-10,12H2,1H3,(H,23,24). The Bertz CT molecular complexity index is 769. The van der Waals surface area contributed by atoms with Crippen LogP contribution < -0.4 is 0 Å². The second-order valence-corrected chi connectivity index (χ2v) is 6.89. The van der Waals surface area contributed by atoms with Gasteiger partial charge in [0.15, 0.2) is 0 Å². The predicted molar refractivity (Wildman–Crippen MR) is 91.7 cm³/mol. The molecule has 1 atom stereocenters. The average Bonchev–Trinajstić information content (AvgIpc) is 3.05. The topological polar surface area (TPSA) is 49.0 Å². The van der Waals surface area contributed by atoms with Crippen molar-refractivity contribution in [3.05, 3.63) is 52.8 Å². The first-order valence-corrected chi connectivity index (χ1v) is 8.81. The normalized spacial score (nSPS) is 18.2. The fourth-order valence-electron chi connectivity index (χ4n) is 3.55. The van der Waals surface area contributed by atoms with Gasteiger partial charge in [0.25, 0.3) is 5.91 Å². The van der Waals surface area contributed by atoms with E-state index in [9.17, 15) is 18.0 Å². The van der Waals surface area contributed by atoms with E-state index in [2.05, 4.69) is 10.2 Å². The first-order valence-electron chi connectivity index (χ1n) is 8.81. The minimum Gasteiger partial charge on any atom is -0.337 e. The number of aromatic nitrogens is 2. The molecule has 0 aliphatic carbocycles. The Morgan fingerprint density at radius 1 is 1.35 bits per heavy atom. The number of alkyl halides is 3. The number of rotatable bonds is 4. The lowest BCUT2D eigenvalue weighted by molar-refractivity contribution is -0.138. The smallest absolute Gasteiger partial charge is 0.337 e. The van der Waals surface area contributed by atoms with E-state index in [0.29, 0.717) is 37.2 Å². The summed E-state index contributed by atoms with van der Waals surface area (Å²) in [5, 5.41) is 6.77. The molecule has 26 heavy (non-hydrogen) atoms. The molecule has 1 aliphatic heterocycles. The second kappa shape index (κ2) is 7.51. The van der Waals surface area contributed by atoms with E-state index in [1.807, 2.05) is 6.92 Å². The van der Waals surface area contributed by atoms with E-state index >= 15 is 0 Å². The summed E-state index contributed by atoms with van der Waals surface area (Å²) in [7, 11) is 0. The Hall–Kier alpha value is -2.31. The van der Waals surface area contributed by atoms with Crippen LogP contribution in [0, 0.1) is 12.8 Å². The summed E-state index contributed by atoms with van der Waals surface area (Å²) in [6, 6.07) is 7.44. The number of nitrogens with zero attached hydrogens (tertiary/aromatic N) is 2. The third kappa shape index (κ3) is 4.26. The fraction of sp³-hybridized carbons (Fsp3) is 0.474. The van der Waals surface area contributed by atoms with Crippen molar-refractivity contribution >= 4 is 5.91 Å². The van der Waals surface area contributed by atoms with Crippen molar-refractivity contribution in [2.75, 3.05) is 13.1 Å². The van der Waals surface area contributed by atoms with Gasteiger partial charge < -0.3 is 4.90 Å². The summed E-state index contributed by atoms with van der Waals surface area (Å²) in [5.41, 5.74) is 0.985. The molecule has 1 saturated heterocycles. The lowest BCUT2D eigenvalue weighted by Crippen LogP contribution is -2.40. The van der Waals surface area contributed by atoms with Crippen LogP contribution in [0.1, 0.15) is 46.6 Å². The first kappa shape index (κ1) is 18.5. The summed E-state index contributed by atoms with van der Waals surface area (Å²) in [4.78, 5) is 14.3. The van der Waals surface area contributed by atoms with Crippen LogP contribution in [0.3, 0.4) is 0 Å². The monoisotopic (exact) mass is 365 g/mol. The molecule has 1 aromatic carbocycles. The lowest BCUT2D eigenvalue weighted by Gasteiger charge is -2.32. The maximum absolute atomic E-state index is 13.1. The Kier molecular flexibility index (Phi) is 5.34. The van der Waals surface area contributed by atoms with E-state index in [-0.39, 0.29) is 11.8 Å². The van der Waals surface area contributed by atoms with Gasteiger partial charge in [-0.1, -0.05) is 18.2 Å². The first-order chi connectivity index (χ1) is 12.3. The highest BCUT2D eigenvalue weighted by Gasteiger charge is 2.33. The number of halogens is 3. The van der Waals surface area contributed by atoms with Crippen molar-refractivity contribution in [2.24, 2.45) is 5.92 Å². The second-order valence-electron chi connectivity index (χ2n) is 6.89. The molecule has 1 N–H and O–H groups in total. The molecule has 1 aliphatic rings. The molecule has 0 bridgehead atoms. The zero-order chi connectivity index (χ0) is 18.7. The number of amides is 1. The van der Waals surface area contributed by atoms with Crippen molar-refractivity contribution in [1.82, 2.24) is 15.1 Å². The van der Waals surface area contributed by atoms with Crippen molar-refractivity contribution in [3.8, 4) is 0 Å². The number of aromatic amines is 1. The maximum Gasteiger partial charge on any atom is 0.416 e. The number of aryl methyl sites for hydroxylation is 2. The highest BCUT2D eigenvalue weighted by molar-refractivity contribution is 5.92. The van der Waals surface area contributed by atoms with E-state index in [1.54, 1.807) is 23.1 Å². The molecule has 0 spiro atoms. The van der Waals surface area contributed by atoms with Crippen molar-refractivity contribution in [3.63, 3.8) is 0 Å². The summed E-state index contributed by atoms with van der Waals surface area (Å²) in [6.45, 7) is 3.07. The molecular weight excluding hydrogens is 343 g/mol. The van der Waals surface area contributed by atoms with Crippen LogP contribution in [0.25, 0.3) is 0 Å². The molecule has 1 amide bonds. The Balaban J connectivity index is 1.62. The molecular formula is C19H22F3N3O. The molecule has 3 rings (SSSR count). The molecule has 1 fully saturated rings. The Morgan fingerprint density at radius 3 is 2.81 bits per heavy atom. The van der Waals surface area contributed by atoms with Crippen LogP contribution >= 0.6 is 0 Å². The van der Waals surface area contributed by atoms with Crippen LogP contribution in [0.15, 0.2) is 30.3 Å². The summed E-state index contributed by atoms with van der Waals surface area (Å²) < 4.78 is 39.3. The quantitative estimate of drug-likeness (QED) is 0.882. The molecule has 2 aromatic rings. The van der Waals surface area contributed by atoms with Crippen molar-refractivity contribution in [1.29, 1.82) is 0 Å². The lowest BCUT2D eigenvalue weighted by atomic mass is 9.90. The number of H-pyrrole nitrogens is 1. The van der Waals surface area contributed by atoms with Crippen LogP contribution in [-0.2, 0) is 12.6 Å². The molecule has 0 saturated carbocycles. The van der Waals surface area contributed by atoms with Crippen LogP contribution in [-0.4, -0.2) is 34.1 Å². The van der Waals surface area contributed by atoms with E-state index in [0.717, 1.165) is 24.6 Å². The van der Waals surface area contributed by atoms with Gasteiger partial charge in [-0.05, 0) is 56.2 Å². The molecule has 0 radical (unpaired) electrons. The third-order valence-corrected chi connectivity index (χ3v) is 4.88. The molecule has 1 unspecified atom stereocenters. The van der Waals surface area contributed by atoms with Crippen molar-refractivity contribution in [2.45, 2.75) is 38.8 Å². The fourth-order valence-corrected chi connectivity index (χ4v) is 3.55. The Morgan fingerprint density at radius 2 is 2.12 bits per heavy atom. The number of hydrogen-bond donors (Lipinski definition) is 1. The highest BCUT2D eigenvalue weighted by Crippen LogP contribution is 2.33. The summed E-state index contributed by atoms with van der Waals surface area (Å²) >= 11 is 0. The number of carbonyl (C=O) groups excluding carboxylic acids is 1. The molecule has 7 heteroatoms.